The molecule has 0 fully saturated rings. The van der Waals surface area contributed by atoms with Gasteiger partial charge in [-0.1, -0.05) is 21.9 Å². The van der Waals surface area contributed by atoms with Gasteiger partial charge in [0.15, 0.2) is 0 Å². The largest absolute Gasteiger partial charge is 0.480 e. The molecule has 10 heteroatoms. The van der Waals surface area contributed by atoms with Crippen molar-refractivity contribution in [2.24, 2.45) is 5.10 Å². The summed E-state index contributed by atoms with van der Waals surface area (Å²) < 4.78 is 6.16. The number of rotatable bonds is 7. The molecule has 26 heavy (non-hydrogen) atoms. The Labute approximate surface area is 156 Å². The molecular weight excluding hydrogens is 408 g/mol. The maximum atomic E-state index is 11.1. The molecule has 2 rings (SSSR count). The molecule has 0 spiro atoms. The van der Waals surface area contributed by atoms with Crippen molar-refractivity contribution in [1.82, 2.24) is 0 Å². The normalized spacial score (nSPS) is 10.3. The number of non-ortho nitro benzene ring substituents is 1. The standard InChI is InChI=1S/C16H11BrN4O5/c1-2-7-26-16-6-3-12(17)8-11(16)10-18-19-14-5-4-13(20(22)23)9-15(14)21(24)25/h1,3-6,8-10,19H,7H2/b18-10+. The van der Waals surface area contributed by atoms with Crippen LogP contribution in [0.25, 0.3) is 0 Å². The van der Waals surface area contributed by atoms with Crippen LogP contribution in [-0.4, -0.2) is 22.7 Å². The Hall–Kier alpha value is -3.45. The second-order valence-corrected chi connectivity index (χ2v) is 5.68. The van der Waals surface area contributed by atoms with Crippen molar-refractivity contribution in [3.05, 3.63) is 66.7 Å². The van der Waals surface area contributed by atoms with E-state index in [1.807, 2.05) is 0 Å². The van der Waals surface area contributed by atoms with Gasteiger partial charge in [-0.2, -0.15) is 5.10 Å². The van der Waals surface area contributed by atoms with Crippen molar-refractivity contribution in [3.63, 3.8) is 0 Å². The summed E-state index contributed by atoms with van der Waals surface area (Å²) in [5, 5.41) is 25.8. The SMILES string of the molecule is C#CCOc1ccc(Br)cc1/C=N/Nc1ccc([N+](=O)[O-])cc1[N+](=O)[O-]. The Bertz CT molecular complexity index is 923. The summed E-state index contributed by atoms with van der Waals surface area (Å²) in [5.41, 5.74) is 2.24. The van der Waals surface area contributed by atoms with E-state index in [-0.39, 0.29) is 18.0 Å². The van der Waals surface area contributed by atoms with Gasteiger partial charge in [0.1, 0.15) is 18.0 Å². The van der Waals surface area contributed by atoms with Crippen LogP contribution in [0.2, 0.25) is 0 Å². The van der Waals surface area contributed by atoms with Gasteiger partial charge in [0.05, 0.1) is 22.1 Å². The van der Waals surface area contributed by atoms with Crippen molar-refractivity contribution in [2.75, 3.05) is 12.0 Å². The first-order chi connectivity index (χ1) is 12.4. The summed E-state index contributed by atoms with van der Waals surface area (Å²) in [7, 11) is 0. The van der Waals surface area contributed by atoms with Crippen molar-refractivity contribution in [1.29, 1.82) is 0 Å². The van der Waals surface area contributed by atoms with Gasteiger partial charge in [0.2, 0.25) is 0 Å². The van der Waals surface area contributed by atoms with E-state index in [0.717, 1.165) is 16.6 Å². The third kappa shape index (κ3) is 4.78. The van der Waals surface area contributed by atoms with Crippen molar-refractivity contribution >= 4 is 39.2 Å². The first kappa shape index (κ1) is 18.9. The molecule has 2 aromatic rings. The Morgan fingerprint density at radius 2 is 2.00 bits per heavy atom. The fraction of sp³-hybridized carbons (Fsp3) is 0.0625. The van der Waals surface area contributed by atoms with E-state index in [1.165, 1.54) is 12.3 Å². The molecule has 0 aliphatic carbocycles. The van der Waals surface area contributed by atoms with E-state index in [1.54, 1.807) is 18.2 Å². The molecule has 0 atom stereocenters. The van der Waals surface area contributed by atoms with Crippen LogP contribution < -0.4 is 10.2 Å². The lowest BCUT2D eigenvalue weighted by atomic mass is 10.2. The van der Waals surface area contributed by atoms with E-state index in [2.05, 4.69) is 32.4 Å². The van der Waals surface area contributed by atoms with E-state index in [9.17, 15) is 20.2 Å². The molecule has 132 valence electrons. The topological polar surface area (TPSA) is 120 Å². The van der Waals surface area contributed by atoms with Crippen LogP contribution in [0.4, 0.5) is 17.1 Å². The zero-order valence-electron chi connectivity index (χ0n) is 13.1. The van der Waals surface area contributed by atoms with Crippen LogP contribution in [0.3, 0.4) is 0 Å². The molecule has 0 saturated carbocycles. The third-order valence-electron chi connectivity index (χ3n) is 3.06. The maximum absolute atomic E-state index is 11.1. The average Bonchev–Trinajstić information content (AvgIpc) is 2.61. The van der Waals surface area contributed by atoms with Crippen LogP contribution in [0.15, 0.2) is 46.0 Å². The summed E-state index contributed by atoms with van der Waals surface area (Å²) in [5.74, 6) is 2.83. The van der Waals surface area contributed by atoms with Crippen LogP contribution in [0.5, 0.6) is 5.75 Å². The van der Waals surface area contributed by atoms with Gasteiger partial charge in [-0.15, -0.1) is 6.42 Å². The molecular formula is C16H11BrN4O5. The van der Waals surface area contributed by atoms with Crippen LogP contribution in [0.1, 0.15) is 5.56 Å². The van der Waals surface area contributed by atoms with Gasteiger partial charge >= 0.3 is 5.69 Å². The van der Waals surface area contributed by atoms with Crippen LogP contribution >= 0.6 is 15.9 Å². The minimum atomic E-state index is -0.731. The fourth-order valence-corrected chi connectivity index (χ4v) is 2.30. The highest BCUT2D eigenvalue weighted by Gasteiger charge is 2.19. The number of anilines is 1. The van der Waals surface area contributed by atoms with Gasteiger partial charge in [-0.3, -0.25) is 25.7 Å². The highest BCUT2D eigenvalue weighted by Crippen LogP contribution is 2.29. The van der Waals surface area contributed by atoms with Gasteiger partial charge < -0.3 is 4.74 Å². The molecule has 0 saturated heterocycles. The second kappa shape index (κ2) is 8.59. The number of benzene rings is 2. The van der Waals surface area contributed by atoms with Gasteiger partial charge in [0, 0.05) is 16.1 Å². The summed E-state index contributed by atoms with van der Waals surface area (Å²) in [6.07, 6.45) is 6.56. The lowest BCUT2D eigenvalue weighted by Gasteiger charge is -2.07. The Morgan fingerprint density at radius 3 is 2.65 bits per heavy atom. The molecule has 2 aromatic carbocycles. The van der Waals surface area contributed by atoms with Crippen molar-refractivity contribution < 1.29 is 14.6 Å². The van der Waals surface area contributed by atoms with Gasteiger partial charge in [-0.05, 0) is 24.3 Å². The molecule has 0 amide bonds. The van der Waals surface area contributed by atoms with Crippen LogP contribution in [0, 0.1) is 32.6 Å². The Morgan fingerprint density at radius 1 is 1.23 bits per heavy atom. The van der Waals surface area contributed by atoms with Crippen molar-refractivity contribution in [3.8, 4) is 18.1 Å². The van der Waals surface area contributed by atoms with Gasteiger partial charge in [0.25, 0.3) is 5.69 Å². The number of terminal acetylenes is 1. The number of halogens is 1. The summed E-state index contributed by atoms with van der Waals surface area (Å²) in [4.78, 5) is 20.4. The highest BCUT2D eigenvalue weighted by molar-refractivity contribution is 9.10. The van der Waals surface area contributed by atoms with E-state index < -0.39 is 15.5 Å². The fourth-order valence-electron chi connectivity index (χ4n) is 1.92. The number of nitrogens with zero attached hydrogens (tertiary/aromatic N) is 3. The molecule has 1 N–H and O–H groups in total. The lowest BCUT2D eigenvalue weighted by Crippen LogP contribution is -2.00. The number of hydrogen-bond acceptors (Lipinski definition) is 7. The number of hydrogen-bond donors (Lipinski definition) is 1. The quantitative estimate of drug-likeness (QED) is 0.316. The number of hydrazone groups is 1. The number of nitrogens with one attached hydrogen (secondary N) is 1. The minimum absolute atomic E-state index is 0.0120. The predicted molar refractivity (Wildman–Crippen MR) is 99.4 cm³/mol. The maximum Gasteiger partial charge on any atom is 0.301 e. The molecule has 0 aliphatic heterocycles. The molecule has 9 nitrogen and oxygen atoms in total. The molecule has 0 bridgehead atoms. The molecule has 0 unspecified atom stereocenters. The number of nitro benzene ring substituents is 2. The Balaban J connectivity index is 2.26. The monoisotopic (exact) mass is 418 g/mol. The predicted octanol–water partition coefficient (Wildman–Crippen LogP) is 3.72. The molecule has 0 aliphatic rings. The van der Waals surface area contributed by atoms with Crippen molar-refractivity contribution in [2.45, 2.75) is 0 Å². The number of ether oxygens (including phenoxy) is 1. The first-order valence-electron chi connectivity index (χ1n) is 7.00. The molecule has 0 radical (unpaired) electrons. The Kier molecular flexibility index (Phi) is 6.24. The summed E-state index contributed by atoms with van der Waals surface area (Å²) in [6.45, 7) is 0.0731. The second-order valence-electron chi connectivity index (χ2n) is 4.76. The van der Waals surface area contributed by atoms with Crippen LogP contribution in [-0.2, 0) is 0 Å². The smallest absolute Gasteiger partial charge is 0.301 e. The third-order valence-corrected chi connectivity index (χ3v) is 3.55. The summed E-state index contributed by atoms with van der Waals surface area (Å²) in [6, 6.07) is 8.39. The first-order valence-corrected chi connectivity index (χ1v) is 7.79. The average molecular weight is 419 g/mol. The lowest BCUT2D eigenvalue weighted by molar-refractivity contribution is -0.393. The zero-order chi connectivity index (χ0) is 19.1. The van der Waals surface area contributed by atoms with E-state index >= 15 is 0 Å². The number of nitro groups is 2. The molecule has 0 aromatic heterocycles. The zero-order valence-corrected chi connectivity index (χ0v) is 14.7. The molecule has 0 heterocycles. The van der Waals surface area contributed by atoms with E-state index in [0.29, 0.717) is 11.3 Å². The minimum Gasteiger partial charge on any atom is -0.480 e. The van der Waals surface area contributed by atoms with Gasteiger partial charge in [-0.25, -0.2) is 0 Å². The highest BCUT2D eigenvalue weighted by atomic mass is 79.9. The summed E-state index contributed by atoms with van der Waals surface area (Å²) >= 11 is 3.32. The van der Waals surface area contributed by atoms with E-state index in [4.69, 9.17) is 11.2 Å².